The van der Waals surface area contributed by atoms with Crippen LogP contribution in [-0.4, -0.2) is 65.9 Å². The fourth-order valence-corrected chi connectivity index (χ4v) is 6.83. The maximum absolute atomic E-state index is 13.8. The Morgan fingerprint density at radius 3 is 2.47 bits per heavy atom. The minimum Gasteiger partial charge on any atom is -0.356 e. The molecular formula is C26H34F3N5O4. The molecule has 4 aliphatic rings. The van der Waals surface area contributed by atoms with Gasteiger partial charge in [-0.2, -0.15) is 18.4 Å². The summed E-state index contributed by atoms with van der Waals surface area (Å²) in [5, 5.41) is 16.9. The van der Waals surface area contributed by atoms with E-state index in [1.807, 2.05) is 11.4 Å². The quantitative estimate of drug-likeness (QED) is 0.444. The molecule has 0 aromatic rings. The van der Waals surface area contributed by atoms with Crippen LogP contribution in [0, 0.1) is 46.3 Å². The van der Waals surface area contributed by atoms with Gasteiger partial charge in [0, 0.05) is 19.0 Å². The summed E-state index contributed by atoms with van der Waals surface area (Å²) in [5.41, 5.74) is -0.0924. The summed E-state index contributed by atoms with van der Waals surface area (Å²) in [6.45, 7) is 9.44. The van der Waals surface area contributed by atoms with Crippen molar-refractivity contribution < 1.29 is 32.3 Å². The van der Waals surface area contributed by atoms with Gasteiger partial charge < -0.3 is 20.9 Å². The molecule has 0 unspecified atom stereocenters. The maximum atomic E-state index is 13.8. The molecule has 12 heteroatoms. The first-order valence-electron chi connectivity index (χ1n) is 13.0. The van der Waals surface area contributed by atoms with Gasteiger partial charge in [-0.3, -0.25) is 19.2 Å². The van der Waals surface area contributed by atoms with E-state index < -0.39 is 53.4 Å². The van der Waals surface area contributed by atoms with Crippen LogP contribution in [0.1, 0.15) is 46.5 Å². The fraction of sp³-hybridized carbons (Fsp3) is 0.731. The van der Waals surface area contributed by atoms with Crippen molar-refractivity contribution in [3.05, 3.63) is 12.2 Å². The van der Waals surface area contributed by atoms with Gasteiger partial charge in [0.15, 0.2) is 0 Å². The van der Waals surface area contributed by atoms with E-state index >= 15 is 0 Å². The van der Waals surface area contributed by atoms with Crippen molar-refractivity contribution in [3.63, 3.8) is 0 Å². The number of fused-ring (bicyclic) bond motifs is 5. The highest BCUT2D eigenvalue weighted by Crippen LogP contribution is 2.59. The van der Waals surface area contributed by atoms with Crippen LogP contribution in [0.25, 0.3) is 0 Å². The van der Waals surface area contributed by atoms with E-state index in [0.717, 1.165) is 18.4 Å². The Kier molecular flexibility index (Phi) is 7.27. The van der Waals surface area contributed by atoms with Crippen molar-refractivity contribution in [3.8, 4) is 6.07 Å². The highest BCUT2D eigenvalue weighted by molar-refractivity contribution is 5.94. The third-order valence-electron chi connectivity index (χ3n) is 8.63. The monoisotopic (exact) mass is 537 g/mol. The zero-order chi connectivity index (χ0) is 28.2. The number of alkyl halides is 3. The molecule has 8 atom stereocenters. The summed E-state index contributed by atoms with van der Waals surface area (Å²) in [4.78, 5) is 52.6. The normalized spacial score (nSPS) is 31.9. The van der Waals surface area contributed by atoms with Crippen molar-refractivity contribution in [1.29, 1.82) is 5.26 Å². The van der Waals surface area contributed by atoms with E-state index in [0.29, 0.717) is 13.0 Å². The Bertz CT molecular complexity index is 1080. The molecule has 3 N–H and O–H groups in total. The first-order chi connectivity index (χ1) is 17.6. The van der Waals surface area contributed by atoms with Crippen LogP contribution in [0.4, 0.5) is 13.2 Å². The molecule has 2 saturated carbocycles. The Morgan fingerprint density at radius 2 is 1.92 bits per heavy atom. The van der Waals surface area contributed by atoms with E-state index in [2.05, 4.69) is 17.2 Å². The van der Waals surface area contributed by atoms with Crippen molar-refractivity contribution in [2.45, 2.75) is 70.8 Å². The largest absolute Gasteiger partial charge is 0.471 e. The van der Waals surface area contributed by atoms with Gasteiger partial charge in [-0.1, -0.05) is 32.9 Å². The Labute approximate surface area is 219 Å². The molecule has 2 bridgehead atoms. The molecule has 2 aliphatic carbocycles. The molecule has 208 valence electrons. The number of amides is 4. The summed E-state index contributed by atoms with van der Waals surface area (Å²) in [6, 6.07) is -1.50. The minimum atomic E-state index is -5.18. The van der Waals surface area contributed by atoms with Gasteiger partial charge in [-0.25, -0.2) is 0 Å². The van der Waals surface area contributed by atoms with Crippen LogP contribution in [0.15, 0.2) is 12.2 Å². The Hall–Kier alpha value is -3.10. The highest BCUT2D eigenvalue weighted by atomic mass is 19.4. The predicted molar refractivity (Wildman–Crippen MR) is 129 cm³/mol. The molecule has 0 aromatic heterocycles. The number of nitriles is 1. The molecular weight excluding hydrogens is 503 g/mol. The van der Waals surface area contributed by atoms with Crippen molar-refractivity contribution >= 4 is 23.6 Å². The number of rotatable bonds is 6. The topological polar surface area (TPSA) is 131 Å². The molecule has 4 amide bonds. The molecule has 0 spiro atoms. The fourth-order valence-electron chi connectivity index (χ4n) is 6.83. The molecule has 2 saturated heterocycles. The van der Waals surface area contributed by atoms with Crippen molar-refractivity contribution in [2.24, 2.45) is 35.0 Å². The first kappa shape index (κ1) is 27.9. The van der Waals surface area contributed by atoms with Crippen LogP contribution in [0.5, 0.6) is 0 Å². The number of hydrogen-bond donors (Lipinski definition) is 3. The van der Waals surface area contributed by atoms with Gasteiger partial charge >= 0.3 is 12.1 Å². The number of halogens is 3. The highest BCUT2D eigenvalue weighted by Gasteiger charge is 2.61. The maximum Gasteiger partial charge on any atom is 0.471 e. The number of allylic oxidation sites excluding steroid dienone is 1. The lowest BCUT2D eigenvalue weighted by molar-refractivity contribution is -0.176. The number of carbonyl (C=O) groups excluding carboxylic acids is 4. The number of nitrogens with one attached hydrogen (secondary N) is 3. The molecule has 2 aliphatic heterocycles. The lowest BCUT2D eigenvalue weighted by atomic mass is 9.76. The summed E-state index contributed by atoms with van der Waals surface area (Å²) >= 11 is 0. The molecule has 0 aromatic carbocycles. The predicted octanol–water partition coefficient (Wildman–Crippen LogP) is 1.65. The summed E-state index contributed by atoms with van der Waals surface area (Å²) in [5.74, 6) is -4.30. The SMILES string of the molecule is C=C1C[C@@H]2C[C@H]1[C@H]1[C@@H]2CN(C(=O)[C@@H](NC(=O)C(F)(F)F)C(C)(C)C)[C@@H]1C(=O)N[C@H](C#N)C[C@@H]1CCNC1=O. The van der Waals surface area contributed by atoms with Gasteiger partial charge in [0.05, 0.1) is 6.07 Å². The third kappa shape index (κ3) is 5.12. The molecule has 0 radical (unpaired) electrons. The average molecular weight is 538 g/mol. The number of nitrogens with zero attached hydrogens (tertiary/aromatic N) is 2. The van der Waals surface area contributed by atoms with E-state index in [1.165, 1.54) is 4.90 Å². The lowest BCUT2D eigenvalue weighted by Gasteiger charge is -2.37. The molecule has 4 rings (SSSR count). The van der Waals surface area contributed by atoms with Crippen LogP contribution in [-0.2, 0) is 19.2 Å². The average Bonchev–Trinajstić information content (AvgIpc) is 3.56. The lowest BCUT2D eigenvalue weighted by Crippen LogP contribution is -2.60. The van der Waals surface area contributed by atoms with E-state index in [1.54, 1.807) is 20.8 Å². The van der Waals surface area contributed by atoms with Gasteiger partial charge in [0.25, 0.3) is 0 Å². The number of hydrogen-bond acceptors (Lipinski definition) is 5. The third-order valence-corrected chi connectivity index (χ3v) is 8.63. The standard InChI is InChI=1S/C26H34F3N5O4/c1-12-7-14-9-16(12)18-17(14)11-34(23(37)20(25(2,3)4)33-24(38)26(27,28)29)19(18)22(36)32-15(10-30)8-13-5-6-31-21(13)35/h13-20H,1,5-9,11H2,2-4H3,(H,31,35)(H,32,36)(H,33,38)/t13-,14+,15-,16+,17+,18-,19-,20+/m0/s1. The molecule has 38 heavy (non-hydrogen) atoms. The first-order valence-corrected chi connectivity index (χ1v) is 13.0. The second-order valence-electron chi connectivity index (χ2n) is 12.1. The smallest absolute Gasteiger partial charge is 0.356 e. The summed E-state index contributed by atoms with van der Waals surface area (Å²) in [6.07, 6.45) is -2.91. The van der Waals surface area contributed by atoms with E-state index in [9.17, 15) is 37.6 Å². The minimum absolute atomic E-state index is 0.0162. The van der Waals surface area contributed by atoms with Crippen LogP contribution in [0.3, 0.4) is 0 Å². The molecule has 2 heterocycles. The van der Waals surface area contributed by atoms with Gasteiger partial charge in [0.1, 0.15) is 18.1 Å². The van der Waals surface area contributed by atoms with Gasteiger partial charge in [0.2, 0.25) is 17.7 Å². The van der Waals surface area contributed by atoms with Gasteiger partial charge in [-0.05, 0) is 54.8 Å². The zero-order valence-electron chi connectivity index (χ0n) is 21.7. The Balaban J connectivity index is 1.61. The van der Waals surface area contributed by atoms with Crippen LogP contribution < -0.4 is 16.0 Å². The second-order valence-corrected chi connectivity index (χ2v) is 12.1. The van der Waals surface area contributed by atoms with Crippen molar-refractivity contribution in [1.82, 2.24) is 20.9 Å². The van der Waals surface area contributed by atoms with Crippen LogP contribution in [0.2, 0.25) is 0 Å². The van der Waals surface area contributed by atoms with E-state index in [-0.39, 0.29) is 42.5 Å². The number of carbonyl (C=O) groups is 4. The van der Waals surface area contributed by atoms with Crippen molar-refractivity contribution in [2.75, 3.05) is 13.1 Å². The second kappa shape index (κ2) is 9.89. The number of likely N-dealkylation sites (tertiary alicyclic amines) is 1. The van der Waals surface area contributed by atoms with Crippen LogP contribution >= 0.6 is 0 Å². The summed E-state index contributed by atoms with van der Waals surface area (Å²) in [7, 11) is 0. The molecule has 4 fully saturated rings. The Morgan fingerprint density at radius 1 is 1.24 bits per heavy atom. The summed E-state index contributed by atoms with van der Waals surface area (Å²) < 4.78 is 39.3. The zero-order valence-corrected chi connectivity index (χ0v) is 21.7. The molecule has 9 nitrogen and oxygen atoms in total. The van der Waals surface area contributed by atoms with Gasteiger partial charge in [-0.15, -0.1) is 0 Å². The van der Waals surface area contributed by atoms with E-state index in [4.69, 9.17) is 0 Å².